The summed E-state index contributed by atoms with van der Waals surface area (Å²) in [6.45, 7) is 0.545. The second kappa shape index (κ2) is 8.56. The second-order valence-electron chi connectivity index (χ2n) is 7.45. The Labute approximate surface area is 186 Å². The molecule has 4 heterocycles. The number of aliphatic hydroxyl groups is 1. The first-order chi connectivity index (χ1) is 16.0. The van der Waals surface area contributed by atoms with Crippen LogP contribution in [0.4, 0.5) is 20.4 Å². The maximum absolute atomic E-state index is 14.5. The first kappa shape index (κ1) is 21.0. The Kier molecular flexibility index (Phi) is 5.44. The van der Waals surface area contributed by atoms with Gasteiger partial charge < -0.3 is 19.9 Å². The van der Waals surface area contributed by atoms with E-state index in [9.17, 15) is 13.9 Å². The third-order valence-corrected chi connectivity index (χ3v) is 5.14. The van der Waals surface area contributed by atoms with E-state index in [1.165, 1.54) is 23.0 Å². The Balaban J connectivity index is 1.31. The summed E-state index contributed by atoms with van der Waals surface area (Å²) >= 11 is 0. The normalized spacial score (nSPS) is 17.9. The van der Waals surface area contributed by atoms with Gasteiger partial charge in [0, 0.05) is 36.1 Å². The summed E-state index contributed by atoms with van der Waals surface area (Å²) in [4.78, 5) is 8.68. The molecule has 0 saturated carbocycles. The number of H-pyrrole nitrogens is 1. The summed E-state index contributed by atoms with van der Waals surface area (Å²) in [7, 11) is 1.69. The zero-order valence-corrected chi connectivity index (χ0v) is 17.4. The predicted molar refractivity (Wildman–Crippen MR) is 113 cm³/mol. The van der Waals surface area contributed by atoms with E-state index in [0.717, 1.165) is 0 Å². The predicted octanol–water partition coefficient (Wildman–Crippen LogP) is 2.43. The van der Waals surface area contributed by atoms with E-state index >= 15 is 0 Å². The van der Waals surface area contributed by atoms with E-state index in [4.69, 9.17) is 9.47 Å². The molecule has 0 bridgehead atoms. The van der Waals surface area contributed by atoms with Crippen LogP contribution in [0.3, 0.4) is 0 Å². The van der Waals surface area contributed by atoms with Crippen molar-refractivity contribution < 1.29 is 23.4 Å². The summed E-state index contributed by atoms with van der Waals surface area (Å²) in [5, 5.41) is 22.9. The van der Waals surface area contributed by atoms with Crippen LogP contribution < -0.4 is 10.1 Å². The van der Waals surface area contributed by atoms with Crippen molar-refractivity contribution in [1.29, 1.82) is 0 Å². The number of ether oxygens (including phenoxy) is 2. The Bertz CT molecular complexity index is 1280. The standard InChI is InChI=1S/C21H19F2N7O3/c1-30-21(26-12-3-4-13(15(22)6-12)14-8-25-28-19(14)23)27-20(29-30)11-2-5-18(24-7-11)33-17-10-32-9-16(17)31/h2-8,16-17,31H,9-10H2,1H3,(H,25,28)(H,26,27,29). The molecule has 12 heteroatoms. The van der Waals surface area contributed by atoms with Gasteiger partial charge in [-0.1, -0.05) is 0 Å². The van der Waals surface area contributed by atoms with Crippen molar-refractivity contribution >= 4 is 11.6 Å². The van der Waals surface area contributed by atoms with Crippen molar-refractivity contribution in [3.05, 3.63) is 54.5 Å². The second-order valence-corrected chi connectivity index (χ2v) is 7.45. The van der Waals surface area contributed by atoms with Crippen LogP contribution in [-0.4, -0.2) is 60.5 Å². The molecule has 0 spiro atoms. The average molecular weight is 455 g/mol. The fourth-order valence-corrected chi connectivity index (χ4v) is 3.39. The molecule has 1 saturated heterocycles. The van der Waals surface area contributed by atoms with Crippen LogP contribution in [0.15, 0.2) is 42.7 Å². The van der Waals surface area contributed by atoms with Crippen LogP contribution >= 0.6 is 0 Å². The van der Waals surface area contributed by atoms with Gasteiger partial charge in [0.25, 0.3) is 0 Å². The molecule has 5 rings (SSSR count). The van der Waals surface area contributed by atoms with Gasteiger partial charge in [-0.05, 0) is 24.3 Å². The van der Waals surface area contributed by atoms with E-state index < -0.39 is 24.0 Å². The van der Waals surface area contributed by atoms with Gasteiger partial charge in [-0.3, -0.25) is 5.10 Å². The fraction of sp³-hybridized carbons (Fsp3) is 0.238. The molecular weight excluding hydrogens is 436 g/mol. The van der Waals surface area contributed by atoms with Gasteiger partial charge in [-0.25, -0.2) is 14.1 Å². The molecule has 1 aliphatic rings. The highest BCUT2D eigenvalue weighted by Crippen LogP contribution is 2.28. The number of hydrogen-bond acceptors (Lipinski definition) is 8. The summed E-state index contributed by atoms with van der Waals surface area (Å²) in [6, 6.07) is 7.71. The number of halogens is 2. The molecule has 3 aromatic heterocycles. The van der Waals surface area contributed by atoms with Gasteiger partial charge >= 0.3 is 0 Å². The SMILES string of the molecule is Cn1nc(-c2ccc(OC3COCC3O)nc2)nc1Nc1ccc(-c2cn[nH]c2F)c(F)c1. The van der Waals surface area contributed by atoms with Crippen molar-refractivity contribution in [2.45, 2.75) is 12.2 Å². The number of benzene rings is 1. The van der Waals surface area contributed by atoms with Crippen molar-refractivity contribution in [1.82, 2.24) is 29.9 Å². The number of anilines is 2. The third kappa shape index (κ3) is 4.25. The molecule has 10 nitrogen and oxygen atoms in total. The highest BCUT2D eigenvalue weighted by atomic mass is 19.1. The van der Waals surface area contributed by atoms with Gasteiger partial charge in [-0.15, -0.1) is 5.10 Å². The van der Waals surface area contributed by atoms with Crippen LogP contribution in [0.2, 0.25) is 0 Å². The number of nitrogens with zero attached hydrogens (tertiary/aromatic N) is 5. The maximum atomic E-state index is 14.5. The van der Waals surface area contributed by atoms with Gasteiger partial charge in [0.05, 0.1) is 25.0 Å². The summed E-state index contributed by atoms with van der Waals surface area (Å²) in [5.74, 6) is -0.183. The van der Waals surface area contributed by atoms with Crippen LogP contribution in [0.5, 0.6) is 5.88 Å². The van der Waals surface area contributed by atoms with E-state index in [1.54, 1.807) is 31.4 Å². The van der Waals surface area contributed by atoms with Crippen molar-refractivity contribution in [3.8, 4) is 28.4 Å². The molecule has 33 heavy (non-hydrogen) atoms. The van der Waals surface area contributed by atoms with Crippen LogP contribution in [0, 0.1) is 11.8 Å². The van der Waals surface area contributed by atoms with E-state index in [0.29, 0.717) is 35.5 Å². The highest BCUT2D eigenvalue weighted by Gasteiger charge is 2.28. The highest BCUT2D eigenvalue weighted by molar-refractivity contribution is 5.68. The Morgan fingerprint density at radius 2 is 2.06 bits per heavy atom. The van der Waals surface area contributed by atoms with Gasteiger partial charge in [-0.2, -0.15) is 14.5 Å². The summed E-state index contributed by atoms with van der Waals surface area (Å²) in [6.07, 6.45) is 1.65. The van der Waals surface area contributed by atoms with Crippen LogP contribution in [0.25, 0.3) is 22.5 Å². The maximum Gasteiger partial charge on any atom is 0.225 e. The number of hydrogen-bond donors (Lipinski definition) is 3. The molecule has 1 aromatic carbocycles. The van der Waals surface area contributed by atoms with Gasteiger partial charge in [0.15, 0.2) is 11.9 Å². The molecule has 2 unspecified atom stereocenters. The van der Waals surface area contributed by atoms with E-state index in [1.807, 2.05) is 0 Å². The van der Waals surface area contributed by atoms with E-state index in [-0.39, 0.29) is 17.7 Å². The largest absolute Gasteiger partial charge is 0.469 e. The van der Waals surface area contributed by atoms with E-state index in [2.05, 4.69) is 30.6 Å². The number of aliphatic hydroxyl groups excluding tert-OH is 1. The average Bonchev–Trinajstić information content (AvgIpc) is 3.50. The molecule has 1 aliphatic heterocycles. The number of rotatable bonds is 6. The molecule has 3 N–H and O–H groups in total. The molecular formula is C21H19F2N7O3. The van der Waals surface area contributed by atoms with Crippen molar-refractivity contribution in [3.63, 3.8) is 0 Å². The lowest BCUT2D eigenvalue weighted by atomic mass is 10.1. The van der Waals surface area contributed by atoms with Gasteiger partial charge in [0.2, 0.25) is 17.8 Å². The van der Waals surface area contributed by atoms with Gasteiger partial charge in [0.1, 0.15) is 11.9 Å². The van der Waals surface area contributed by atoms with Crippen LogP contribution in [0.1, 0.15) is 0 Å². The number of aromatic nitrogens is 6. The fourth-order valence-electron chi connectivity index (χ4n) is 3.39. The Morgan fingerprint density at radius 1 is 1.18 bits per heavy atom. The van der Waals surface area contributed by atoms with Crippen LogP contribution in [-0.2, 0) is 11.8 Å². The lowest BCUT2D eigenvalue weighted by Crippen LogP contribution is -2.29. The lowest BCUT2D eigenvalue weighted by molar-refractivity contribution is 0.0704. The zero-order chi connectivity index (χ0) is 22.9. The van der Waals surface area contributed by atoms with Crippen molar-refractivity contribution in [2.75, 3.05) is 18.5 Å². The minimum atomic E-state index is -0.703. The molecule has 2 atom stereocenters. The minimum absolute atomic E-state index is 0.0508. The molecule has 170 valence electrons. The number of aryl methyl sites for hydroxylation is 1. The lowest BCUT2D eigenvalue weighted by Gasteiger charge is -2.14. The number of aromatic amines is 1. The Morgan fingerprint density at radius 3 is 2.73 bits per heavy atom. The monoisotopic (exact) mass is 455 g/mol. The molecule has 0 aliphatic carbocycles. The first-order valence-electron chi connectivity index (χ1n) is 10.0. The summed E-state index contributed by atoms with van der Waals surface area (Å²) in [5.41, 5.74) is 1.21. The quantitative estimate of drug-likeness (QED) is 0.405. The smallest absolute Gasteiger partial charge is 0.225 e. The minimum Gasteiger partial charge on any atom is -0.469 e. The zero-order valence-electron chi connectivity index (χ0n) is 17.4. The number of pyridine rings is 1. The molecule has 0 radical (unpaired) electrons. The number of nitrogens with one attached hydrogen (secondary N) is 2. The Hall–Kier alpha value is -3.90. The molecule has 1 fully saturated rings. The summed E-state index contributed by atoms with van der Waals surface area (Å²) < 4.78 is 40.5. The first-order valence-corrected chi connectivity index (χ1v) is 10.0. The third-order valence-electron chi connectivity index (χ3n) is 5.14. The molecule has 0 amide bonds. The van der Waals surface area contributed by atoms with Crippen molar-refractivity contribution in [2.24, 2.45) is 7.05 Å². The topological polar surface area (TPSA) is 123 Å². The molecule has 4 aromatic rings.